The Bertz CT molecular complexity index is 501. The average Bonchev–Trinajstić information content (AvgIpc) is 2.49. The van der Waals surface area contributed by atoms with Crippen LogP contribution in [0.15, 0.2) is 0 Å². The highest BCUT2D eigenvalue weighted by molar-refractivity contribution is 5.83. The molecule has 1 aliphatic carbocycles. The van der Waals surface area contributed by atoms with Gasteiger partial charge >= 0.3 is 12.1 Å². The highest BCUT2D eigenvalue weighted by Crippen LogP contribution is 2.29. The van der Waals surface area contributed by atoms with Crippen LogP contribution < -0.4 is 10.6 Å². The zero-order chi connectivity index (χ0) is 19.9. The van der Waals surface area contributed by atoms with Crippen LogP contribution >= 0.6 is 0 Å². The lowest BCUT2D eigenvalue weighted by atomic mass is 9.78. The summed E-state index contributed by atoms with van der Waals surface area (Å²) in [6.45, 7) is 11.3. The lowest BCUT2D eigenvalue weighted by molar-refractivity contribution is -0.155. The van der Waals surface area contributed by atoms with E-state index in [1.807, 2.05) is 0 Å². The molecule has 2 amide bonds. The summed E-state index contributed by atoms with van der Waals surface area (Å²) in [6, 6.07) is 0.126. The van der Waals surface area contributed by atoms with Crippen molar-refractivity contribution in [3.8, 4) is 0 Å². The first-order valence-electron chi connectivity index (χ1n) is 9.46. The number of amides is 2. The third-order valence-corrected chi connectivity index (χ3v) is 4.71. The predicted octanol–water partition coefficient (Wildman–Crippen LogP) is 2.77. The van der Waals surface area contributed by atoms with E-state index in [1.165, 1.54) is 6.42 Å². The Morgan fingerprint density at radius 1 is 1.15 bits per heavy atom. The van der Waals surface area contributed by atoms with Crippen LogP contribution in [0, 0.1) is 11.8 Å². The molecule has 1 aliphatic rings. The fourth-order valence-electron chi connectivity index (χ4n) is 2.98. The van der Waals surface area contributed by atoms with Gasteiger partial charge in [-0.15, -0.1) is 0 Å². The van der Waals surface area contributed by atoms with Crippen molar-refractivity contribution in [2.75, 3.05) is 6.54 Å². The van der Waals surface area contributed by atoms with Gasteiger partial charge in [0.25, 0.3) is 5.91 Å². The first-order valence-corrected chi connectivity index (χ1v) is 9.46. The van der Waals surface area contributed by atoms with Crippen molar-refractivity contribution >= 4 is 18.0 Å². The molecule has 0 aliphatic heterocycles. The predicted molar refractivity (Wildman–Crippen MR) is 98.5 cm³/mol. The standard InChI is InChI=1S/C19H34N2O5/c1-12-8-7-9-15(13(12)2)21-17(23)14(3)25-16(22)10-11-20-18(24)26-19(4,5)6/h12-15H,7-11H2,1-6H3,(H,20,24)(H,21,23)/t12-,13+,14+,15+/m0/s1. The minimum absolute atomic E-state index is 0.0201. The van der Waals surface area contributed by atoms with Crippen molar-refractivity contribution in [3.63, 3.8) is 0 Å². The molecule has 0 bridgehead atoms. The third-order valence-electron chi connectivity index (χ3n) is 4.71. The van der Waals surface area contributed by atoms with Gasteiger partial charge in [-0.1, -0.05) is 26.7 Å². The van der Waals surface area contributed by atoms with Crippen LogP contribution in [0.4, 0.5) is 4.79 Å². The summed E-state index contributed by atoms with van der Waals surface area (Å²) in [4.78, 5) is 35.6. The number of ether oxygens (including phenoxy) is 2. The van der Waals surface area contributed by atoms with Crippen molar-refractivity contribution in [3.05, 3.63) is 0 Å². The fourth-order valence-corrected chi connectivity index (χ4v) is 2.98. The third kappa shape index (κ3) is 8.06. The normalized spacial score (nSPS) is 24.3. The van der Waals surface area contributed by atoms with Gasteiger partial charge < -0.3 is 20.1 Å². The molecule has 1 saturated carbocycles. The highest BCUT2D eigenvalue weighted by atomic mass is 16.6. The van der Waals surface area contributed by atoms with E-state index in [2.05, 4.69) is 24.5 Å². The van der Waals surface area contributed by atoms with Gasteiger partial charge in [0.2, 0.25) is 0 Å². The molecule has 0 heterocycles. The second-order valence-corrected chi connectivity index (χ2v) is 8.19. The Kier molecular flexibility index (Phi) is 8.37. The molecule has 0 aromatic carbocycles. The number of alkyl carbamates (subject to hydrolysis) is 1. The van der Waals surface area contributed by atoms with Crippen LogP contribution in [-0.4, -0.2) is 42.3 Å². The minimum Gasteiger partial charge on any atom is -0.452 e. The lowest BCUT2D eigenvalue weighted by Crippen LogP contribution is -2.47. The topological polar surface area (TPSA) is 93.7 Å². The number of nitrogens with one attached hydrogen (secondary N) is 2. The SMILES string of the molecule is C[C@@H]1[C@@H](C)CCC[C@H]1NC(=O)[C@@H](C)OC(=O)CCNC(=O)OC(C)(C)C. The quantitative estimate of drug-likeness (QED) is 0.701. The second-order valence-electron chi connectivity index (χ2n) is 8.19. The average molecular weight is 370 g/mol. The molecule has 0 aromatic rings. The molecule has 1 fully saturated rings. The Balaban J connectivity index is 2.30. The molecule has 4 atom stereocenters. The molecule has 0 saturated heterocycles. The van der Waals surface area contributed by atoms with Gasteiger partial charge in [0.05, 0.1) is 6.42 Å². The van der Waals surface area contributed by atoms with E-state index < -0.39 is 23.8 Å². The van der Waals surface area contributed by atoms with Crippen molar-refractivity contribution in [1.82, 2.24) is 10.6 Å². The second kappa shape index (κ2) is 9.78. The minimum atomic E-state index is -0.853. The summed E-state index contributed by atoms with van der Waals surface area (Å²) in [5.41, 5.74) is -0.592. The van der Waals surface area contributed by atoms with Crippen LogP contribution in [0.25, 0.3) is 0 Å². The summed E-state index contributed by atoms with van der Waals surface area (Å²) in [7, 11) is 0. The molecule has 26 heavy (non-hydrogen) atoms. The van der Waals surface area contributed by atoms with Crippen molar-refractivity contribution < 1.29 is 23.9 Å². The maximum Gasteiger partial charge on any atom is 0.407 e. The van der Waals surface area contributed by atoms with Gasteiger partial charge in [-0.3, -0.25) is 9.59 Å². The van der Waals surface area contributed by atoms with Crippen LogP contribution in [-0.2, 0) is 19.1 Å². The Morgan fingerprint density at radius 2 is 1.81 bits per heavy atom. The number of carbonyl (C=O) groups is 3. The lowest BCUT2D eigenvalue weighted by Gasteiger charge is -2.35. The zero-order valence-corrected chi connectivity index (χ0v) is 16.9. The smallest absolute Gasteiger partial charge is 0.407 e. The van der Waals surface area contributed by atoms with E-state index in [1.54, 1.807) is 27.7 Å². The first-order chi connectivity index (χ1) is 12.0. The Morgan fingerprint density at radius 3 is 2.42 bits per heavy atom. The van der Waals surface area contributed by atoms with Crippen molar-refractivity contribution in [2.24, 2.45) is 11.8 Å². The van der Waals surface area contributed by atoms with E-state index in [4.69, 9.17) is 9.47 Å². The van der Waals surface area contributed by atoms with Crippen LogP contribution in [0.3, 0.4) is 0 Å². The molecule has 0 aromatic heterocycles. The Hall–Kier alpha value is -1.79. The molecule has 2 N–H and O–H groups in total. The molecular weight excluding hydrogens is 336 g/mol. The molecule has 1 rings (SSSR count). The fraction of sp³-hybridized carbons (Fsp3) is 0.842. The molecule has 0 unspecified atom stereocenters. The number of esters is 1. The van der Waals surface area contributed by atoms with Gasteiger partial charge in [-0.05, 0) is 46.0 Å². The maximum absolute atomic E-state index is 12.3. The van der Waals surface area contributed by atoms with Crippen LogP contribution in [0.5, 0.6) is 0 Å². The van der Waals surface area contributed by atoms with Gasteiger partial charge in [0, 0.05) is 12.6 Å². The van der Waals surface area contributed by atoms with Gasteiger partial charge in [0.1, 0.15) is 5.60 Å². The zero-order valence-electron chi connectivity index (χ0n) is 16.9. The van der Waals surface area contributed by atoms with Crippen molar-refractivity contribution in [2.45, 2.75) is 85.0 Å². The largest absolute Gasteiger partial charge is 0.452 e. The first kappa shape index (κ1) is 22.3. The molecule has 7 nitrogen and oxygen atoms in total. The maximum atomic E-state index is 12.3. The van der Waals surface area contributed by atoms with Gasteiger partial charge in [0.15, 0.2) is 6.10 Å². The van der Waals surface area contributed by atoms with E-state index >= 15 is 0 Å². The molecule has 7 heteroatoms. The van der Waals surface area contributed by atoms with Crippen molar-refractivity contribution in [1.29, 1.82) is 0 Å². The summed E-state index contributed by atoms with van der Waals surface area (Å²) in [5.74, 6) is 0.178. The van der Waals surface area contributed by atoms with E-state index in [-0.39, 0.29) is 24.9 Å². The molecule has 150 valence electrons. The van der Waals surface area contributed by atoms with Gasteiger partial charge in [-0.2, -0.15) is 0 Å². The number of carbonyl (C=O) groups excluding carboxylic acids is 3. The van der Waals surface area contributed by atoms with E-state index in [9.17, 15) is 14.4 Å². The number of rotatable bonds is 6. The summed E-state index contributed by atoms with van der Waals surface area (Å²) >= 11 is 0. The summed E-state index contributed by atoms with van der Waals surface area (Å²) in [5, 5.41) is 5.48. The molecule has 0 spiro atoms. The molecular formula is C19H34N2O5. The highest BCUT2D eigenvalue weighted by Gasteiger charge is 2.30. The van der Waals surface area contributed by atoms with Crippen LogP contribution in [0.1, 0.15) is 67.2 Å². The van der Waals surface area contributed by atoms with E-state index in [0.717, 1.165) is 12.8 Å². The monoisotopic (exact) mass is 370 g/mol. The molecule has 0 radical (unpaired) electrons. The number of hydrogen-bond acceptors (Lipinski definition) is 5. The van der Waals surface area contributed by atoms with Crippen LogP contribution in [0.2, 0.25) is 0 Å². The summed E-state index contributed by atoms with van der Waals surface area (Å²) in [6.07, 6.45) is 1.78. The van der Waals surface area contributed by atoms with Gasteiger partial charge in [-0.25, -0.2) is 4.79 Å². The Labute approximate surface area is 156 Å². The summed E-state index contributed by atoms with van der Waals surface area (Å²) < 4.78 is 10.2. The van der Waals surface area contributed by atoms with E-state index in [0.29, 0.717) is 11.8 Å². The number of hydrogen-bond donors (Lipinski definition) is 2.